The number of aliphatic hydroxyl groups is 1. The maximum absolute atomic E-state index is 9.29. The van der Waals surface area contributed by atoms with Crippen molar-refractivity contribution in [1.82, 2.24) is 10.2 Å². The molecule has 0 amide bonds. The lowest BCUT2D eigenvalue weighted by Crippen LogP contribution is -2.40. The molecule has 126 valence electrons. The summed E-state index contributed by atoms with van der Waals surface area (Å²) in [5, 5.41) is 14.0. The van der Waals surface area contributed by atoms with Crippen molar-refractivity contribution in [1.29, 1.82) is 0 Å². The molecule has 1 aromatic carbocycles. The van der Waals surface area contributed by atoms with Gasteiger partial charge < -0.3 is 19.7 Å². The number of nitrogens with zero attached hydrogens (tertiary/aromatic N) is 1. The standard InChI is InChI=1S/C19H28N2O2/c1-14-5-6-18-17(10-14)15(2)19(23-18)11-20-7-9-21-8-3-4-16(12-21)13-22/h5-6,10,16,20,22H,3-4,7-9,11-13H2,1-2H3. The molecule has 1 fully saturated rings. The number of aliphatic hydroxyl groups excluding tert-OH is 1. The van der Waals surface area contributed by atoms with E-state index in [4.69, 9.17) is 4.42 Å². The molecule has 1 atom stereocenters. The Balaban J connectivity index is 1.50. The van der Waals surface area contributed by atoms with Gasteiger partial charge in [-0.05, 0) is 56.8 Å². The molecule has 0 spiro atoms. The van der Waals surface area contributed by atoms with Gasteiger partial charge in [0.1, 0.15) is 11.3 Å². The number of fused-ring (bicyclic) bond motifs is 1. The molecule has 4 nitrogen and oxygen atoms in total. The van der Waals surface area contributed by atoms with E-state index in [-0.39, 0.29) is 0 Å². The van der Waals surface area contributed by atoms with Gasteiger partial charge in [0, 0.05) is 31.6 Å². The first-order valence-electron chi connectivity index (χ1n) is 8.70. The van der Waals surface area contributed by atoms with Gasteiger partial charge in [-0.15, -0.1) is 0 Å². The second-order valence-corrected chi connectivity index (χ2v) is 6.82. The molecule has 1 aromatic heterocycles. The van der Waals surface area contributed by atoms with E-state index in [1.165, 1.54) is 22.9 Å². The van der Waals surface area contributed by atoms with Gasteiger partial charge in [0.15, 0.2) is 0 Å². The van der Waals surface area contributed by atoms with Crippen molar-refractivity contribution in [3.05, 3.63) is 35.1 Å². The number of furan rings is 1. The van der Waals surface area contributed by atoms with Crippen LogP contribution in [0.5, 0.6) is 0 Å². The van der Waals surface area contributed by atoms with Gasteiger partial charge in [0.25, 0.3) is 0 Å². The van der Waals surface area contributed by atoms with E-state index in [0.717, 1.165) is 50.5 Å². The van der Waals surface area contributed by atoms with Gasteiger partial charge in [0.05, 0.1) is 6.54 Å². The van der Waals surface area contributed by atoms with E-state index in [0.29, 0.717) is 12.5 Å². The number of piperidine rings is 1. The first-order chi connectivity index (χ1) is 11.2. The van der Waals surface area contributed by atoms with Crippen LogP contribution in [0, 0.1) is 19.8 Å². The monoisotopic (exact) mass is 316 g/mol. The average Bonchev–Trinajstić information content (AvgIpc) is 2.88. The first kappa shape index (κ1) is 16.5. The number of hydrogen-bond acceptors (Lipinski definition) is 4. The predicted octanol–water partition coefficient (Wildman–Crippen LogP) is 2.84. The number of aryl methyl sites for hydroxylation is 2. The van der Waals surface area contributed by atoms with E-state index < -0.39 is 0 Å². The van der Waals surface area contributed by atoms with Crippen molar-refractivity contribution < 1.29 is 9.52 Å². The summed E-state index contributed by atoms with van der Waals surface area (Å²) in [6.45, 7) is 9.52. The quantitative estimate of drug-likeness (QED) is 0.805. The van der Waals surface area contributed by atoms with Crippen molar-refractivity contribution in [2.75, 3.05) is 32.8 Å². The summed E-state index contributed by atoms with van der Waals surface area (Å²) in [6.07, 6.45) is 2.37. The molecule has 1 aliphatic heterocycles. The van der Waals surface area contributed by atoms with Crippen molar-refractivity contribution in [2.24, 2.45) is 5.92 Å². The van der Waals surface area contributed by atoms with Crippen LogP contribution >= 0.6 is 0 Å². The van der Waals surface area contributed by atoms with Crippen LogP contribution in [-0.2, 0) is 6.54 Å². The van der Waals surface area contributed by atoms with Gasteiger partial charge >= 0.3 is 0 Å². The van der Waals surface area contributed by atoms with Gasteiger partial charge in [0.2, 0.25) is 0 Å². The third-order valence-corrected chi connectivity index (χ3v) is 4.94. The third kappa shape index (κ3) is 3.94. The predicted molar refractivity (Wildman–Crippen MR) is 93.6 cm³/mol. The highest BCUT2D eigenvalue weighted by Crippen LogP contribution is 2.26. The van der Waals surface area contributed by atoms with Gasteiger partial charge in [-0.3, -0.25) is 0 Å². The number of likely N-dealkylation sites (tertiary alicyclic amines) is 1. The molecular formula is C19H28N2O2. The van der Waals surface area contributed by atoms with Crippen LogP contribution in [0.2, 0.25) is 0 Å². The lowest BCUT2D eigenvalue weighted by atomic mass is 9.99. The van der Waals surface area contributed by atoms with Crippen molar-refractivity contribution in [2.45, 2.75) is 33.2 Å². The second-order valence-electron chi connectivity index (χ2n) is 6.82. The van der Waals surface area contributed by atoms with E-state index in [1.54, 1.807) is 0 Å². The summed E-state index contributed by atoms with van der Waals surface area (Å²) in [4.78, 5) is 2.45. The summed E-state index contributed by atoms with van der Waals surface area (Å²) in [5.74, 6) is 1.50. The zero-order valence-electron chi connectivity index (χ0n) is 14.3. The Kier molecular flexibility index (Phi) is 5.36. The van der Waals surface area contributed by atoms with Crippen molar-refractivity contribution >= 4 is 11.0 Å². The van der Waals surface area contributed by atoms with Gasteiger partial charge in [-0.2, -0.15) is 0 Å². The average molecular weight is 316 g/mol. The number of rotatable bonds is 6. The molecule has 0 bridgehead atoms. The highest BCUT2D eigenvalue weighted by molar-refractivity contribution is 5.82. The largest absolute Gasteiger partial charge is 0.459 e. The Hall–Kier alpha value is -1.36. The molecular weight excluding hydrogens is 288 g/mol. The van der Waals surface area contributed by atoms with Crippen LogP contribution in [0.3, 0.4) is 0 Å². The van der Waals surface area contributed by atoms with Crippen LogP contribution in [0.1, 0.15) is 29.7 Å². The van der Waals surface area contributed by atoms with Gasteiger partial charge in [-0.1, -0.05) is 11.6 Å². The topological polar surface area (TPSA) is 48.6 Å². The van der Waals surface area contributed by atoms with E-state index in [2.05, 4.69) is 42.3 Å². The Morgan fingerprint density at radius 2 is 2.22 bits per heavy atom. The maximum Gasteiger partial charge on any atom is 0.134 e. The highest BCUT2D eigenvalue weighted by Gasteiger charge is 2.18. The molecule has 2 heterocycles. The van der Waals surface area contributed by atoms with Crippen molar-refractivity contribution in [3.63, 3.8) is 0 Å². The van der Waals surface area contributed by atoms with Crippen LogP contribution in [0.15, 0.2) is 22.6 Å². The van der Waals surface area contributed by atoms with E-state index >= 15 is 0 Å². The van der Waals surface area contributed by atoms with Gasteiger partial charge in [-0.25, -0.2) is 0 Å². The minimum atomic E-state index is 0.321. The molecule has 4 heteroatoms. The number of nitrogens with one attached hydrogen (secondary N) is 1. The molecule has 0 aliphatic carbocycles. The summed E-state index contributed by atoms with van der Waals surface area (Å²) >= 11 is 0. The van der Waals surface area contributed by atoms with E-state index in [1.807, 2.05) is 0 Å². The lowest BCUT2D eigenvalue weighted by Gasteiger charge is -2.31. The normalized spacial score (nSPS) is 19.5. The molecule has 2 aromatic rings. The zero-order chi connectivity index (χ0) is 16.2. The Morgan fingerprint density at radius 3 is 3.04 bits per heavy atom. The fraction of sp³-hybridized carbons (Fsp3) is 0.579. The molecule has 1 aliphatic rings. The summed E-state index contributed by atoms with van der Waals surface area (Å²) in [6, 6.07) is 6.35. The highest BCUT2D eigenvalue weighted by atomic mass is 16.3. The first-order valence-corrected chi connectivity index (χ1v) is 8.70. The molecule has 0 radical (unpaired) electrons. The van der Waals surface area contributed by atoms with Crippen LogP contribution in [-0.4, -0.2) is 42.8 Å². The van der Waals surface area contributed by atoms with Crippen LogP contribution in [0.4, 0.5) is 0 Å². The maximum atomic E-state index is 9.29. The van der Waals surface area contributed by atoms with Crippen LogP contribution in [0.25, 0.3) is 11.0 Å². The Morgan fingerprint density at radius 1 is 1.35 bits per heavy atom. The third-order valence-electron chi connectivity index (χ3n) is 4.94. The summed E-state index contributed by atoms with van der Waals surface area (Å²) in [5.41, 5.74) is 3.49. The molecule has 23 heavy (non-hydrogen) atoms. The molecule has 1 saturated heterocycles. The Labute approximate surface area is 138 Å². The minimum Gasteiger partial charge on any atom is -0.459 e. The second kappa shape index (κ2) is 7.47. The molecule has 1 unspecified atom stereocenters. The number of hydrogen-bond donors (Lipinski definition) is 2. The molecule has 3 rings (SSSR count). The zero-order valence-corrected chi connectivity index (χ0v) is 14.3. The van der Waals surface area contributed by atoms with Crippen molar-refractivity contribution in [3.8, 4) is 0 Å². The number of benzene rings is 1. The fourth-order valence-electron chi connectivity index (χ4n) is 3.50. The van der Waals surface area contributed by atoms with Crippen LogP contribution < -0.4 is 5.32 Å². The summed E-state index contributed by atoms with van der Waals surface area (Å²) in [7, 11) is 0. The molecule has 0 saturated carbocycles. The lowest BCUT2D eigenvalue weighted by molar-refractivity contribution is 0.121. The minimum absolute atomic E-state index is 0.321. The fourth-order valence-corrected chi connectivity index (χ4v) is 3.50. The molecule has 2 N–H and O–H groups in total. The smallest absolute Gasteiger partial charge is 0.134 e. The summed E-state index contributed by atoms with van der Waals surface area (Å²) < 4.78 is 5.97. The SMILES string of the molecule is Cc1ccc2oc(CNCCN3CCCC(CO)C3)c(C)c2c1. The Bertz CT molecular complexity index is 650. The van der Waals surface area contributed by atoms with E-state index in [9.17, 15) is 5.11 Å².